The Morgan fingerprint density at radius 1 is 1.53 bits per heavy atom. The molecular formula is C15H23N3O. The normalized spacial score (nSPS) is 19.6. The van der Waals surface area contributed by atoms with Crippen LogP contribution < -0.4 is 11.1 Å². The third-order valence-corrected chi connectivity index (χ3v) is 3.36. The van der Waals surface area contributed by atoms with Crippen LogP contribution in [0.15, 0.2) is 29.3 Å². The number of nitrogens with two attached hydrogens (primary N) is 1. The zero-order chi connectivity index (χ0) is 13.5. The SMILES string of the molecule is CCc1cccc(NC(N)=NCCC2CCCO2)c1. The van der Waals surface area contributed by atoms with Crippen LogP contribution in [0.25, 0.3) is 0 Å². The molecule has 1 atom stereocenters. The van der Waals surface area contributed by atoms with Crippen LogP contribution in [0.3, 0.4) is 0 Å². The second-order valence-electron chi connectivity index (χ2n) is 4.87. The summed E-state index contributed by atoms with van der Waals surface area (Å²) in [7, 11) is 0. The van der Waals surface area contributed by atoms with Crippen LogP contribution >= 0.6 is 0 Å². The maximum absolute atomic E-state index is 5.88. The molecule has 0 aromatic heterocycles. The molecule has 1 saturated heterocycles. The van der Waals surface area contributed by atoms with E-state index in [-0.39, 0.29) is 0 Å². The molecule has 1 unspecified atom stereocenters. The lowest BCUT2D eigenvalue weighted by Crippen LogP contribution is -2.23. The van der Waals surface area contributed by atoms with Crippen molar-refractivity contribution in [2.24, 2.45) is 10.7 Å². The molecule has 1 aliphatic rings. The molecule has 4 heteroatoms. The first kappa shape index (κ1) is 13.9. The van der Waals surface area contributed by atoms with Crippen molar-refractivity contribution in [3.8, 4) is 0 Å². The first-order valence-electron chi connectivity index (χ1n) is 7.05. The van der Waals surface area contributed by atoms with Crippen molar-refractivity contribution in [3.05, 3.63) is 29.8 Å². The van der Waals surface area contributed by atoms with Gasteiger partial charge >= 0.3 is 0 Å². The number of benzene rings is 1. The van der Waals surface area contributed by atoms with Crippen LogP contribution in [-0.2, 0) is 11.2 Å². The summed E-state index contributed by atoms with van der Waals surface area (Å²) in [6.45, 7) is 3.75. The number of aliphatic imine (C=N–C) groups is 1. The highest BCUT2D eigenvalue weighted by Crippen LogP contribution is 2.15. The number of guanidine groups is 1. The Labute approximate surface area is 115 Å². The fourth-order valence-electron chi connectivity index (χ4n) is 2.26. The first-order valence-corrected chi connectivity index (χ1v) is 7.05. The average Bonchev–Trinajstić information content (AvgIpc) is 2.92. The van der Waals surface area contributed by atoms with Gasteiger partial charge in [0.1, 0.15) is 0 Å². The predicted molar refractivity (Wildman–Crippen MR) is 79.5 cm³/mol. The summed E-state index contributed by atoms with van der Waals surface area (Å²) in [5.41, 5.74) is 8.17. The van der Waals surface area contributed by atoms with Gasteiger partial charge in [0.15, 0.2) is 5.96 Å². The summed E-state index contributed by atoms with van der Waals surface area (Å²) in [5.74, 6) is 0.478. The van der Waals surface area contributed by atoms with Gasteiger partial charge in [0.05, 0.1) is 6.10 Å². The van der Waals surface area contributed by atoms with Crippen molar-refractivity contribution in [3.63, 3.8) is 0 Å². The first-order chi connectivity index (χ1) is 9.28. The summed E-state index contributed by atoms with van der Waals surface area (Å²) in [4.78, 5) is 4.34. The molecule has 0 bridgehead atoms. The van der Waals surface area contributed by atoms with E-state index in [4.69, 9.17) is 10.5 Å². The molecule has 104 valence electrons. The van der Waals surface area contributed by atoms with Crippen LogP contribution in [0.5, 0.6) is 0 Å². The summed E-state index contributed by atoms with van der Waals surface area (Å²) in [6, 6.07) is 8.24. The second-order valence-corrected chi connectivity index (χ2v) is 4.87. The summed E-state index contributed by atoms with van der Waals surface area (Å²) in [6.07, 6.45) is 4.68. The molecule has 0 radical (unpaired) electrons. The van der Waals surface area contributed by atoms with Gasteiger partial charge in [-0.2, -0.15) is 0 Å². The molecule has 1 aromatic rings. The van der Waals surface area contributed by atoms with Crippen molar-refractivity contribution >= 4 is 11.6 Å². The minimum atomic E-state index is 0.375. The van der Waals surface area contributed by atoms with Crippen molar-refractivity contribution in [1.29, 1.82) is 0 Å². The number of nitrogens with one attached hydrogen (secondary N) is 1. The highest BCUT2D eigenvalue weighted by molar-refractivity contribution is 5.92. The van der Waals surface area contributed by atoms with E-state index in [0.717, 1.165) is 38.1 Å². The van der Waals surface area contributed by atoms with Crippen molar-refractivity contribution < 1.29 is 4.74 Å². The Bertz CT molecular complexity index is 425. The highest BCUT2D eigenvalue weighted by atomic mass is 16.5. The molecule has 1 fully saturated rings. The van der Waals surface area contributed by atoms with Crippen LogP contribution in [0.1, 0.15) is 31.7 Å². The van der Waals surface area contributed by atoms with Crippen molar-refractivity contribution in [1.82, 2.24) is 0 Å². The maximum Gasteiger partial charge on any atom is 0.193 e. The molecule has 3 N–H and O–H groups in total. The number of nitrogens with zero attached hydrogens (tertiary/aromatic N) is 1. The lowest BCUT2D eigenvalue weighted by atomic mass is 10.1. The van der Waals surface area contributed by atoms with E-state index in [1.165, 1.54) is 12.0 Å². The van der Waals surface area contributed by atoms with E-state index in [0.29, 0.717) is 12.1 Å². The molecule has 4 nitrogen and oxygen atoms in total. The number of rotatable bonds is 5. The molecular weight excluding hydrogens is 238 g/mol. The molecule has 0 spiro atoms. The number of ether oxygens (including phenoxy) is 1. The molecule has 19 heavy (non-hydrogen) atoms. The van der Waals surface area contributed by atoms with E-state index in [9.17, 15) is 0 Å². The lowest BCUT2D eigenvalue weighted by molar-refractivity contribution is 0.106. The third kappa shape index (κ3) is 4.56. The minimum Gasteiger partial charge on any atom is -0.378 e. The van der Waals surface area contributed by atoms with Crippen LogP contribution in [0.2, 0.25) is 0 Å². The maximum atomic E-state index is 5.88. The van der Waals surface area contributed by atoms with E-state index in [1.54, 1.807) is 0 Å². The van der Waals surface area contributed by atoms with E-state index in [2.05, 4.69) is 29.4 Å². The third-order valence-electron chi connectivity index (χ3n) is 3.36. The van der Waals surface area contributed by atoms with Crippen LogP contribution in [-0.4, -0.2) is 25.2 Å². The van der Waals surface area contributed by atoms with E-state index >= 15 is 0 Å². The lowest BCUT2D eigenvalue weighted by Gasteiger charge is -2.09. The Morgan fingerprint density at radius 2 is 2.42 bits per heavy atom. The number of hydrogen-bond donors (Lipinski definition) is 2. The fraction of sp³-hybridized carbons (Fsp3) is 0.533. The van der Waals surface area contributed by atoms with Gasteiger partial charge in [-0.1, -0.05) is 19.1 Å². The second kappa shape index (κ2) is 7.14. The smallest absolute Gasteiger partial charge is 0.193 e. The van der Waals surface area contributed by atoms with E-state index in [1.807, 2.05) is 12.1 Å². The van der Waals surface area contributed by atoms with E-state index < -0.39 is 0 Å². The minimum absolute atomic E-state index is 0.375. The number of anilines is 1. The Balaban J connectivity index is 1.79. The molecule has 0 amide bonds. The van der Waals surface area contributed by atoms with Gasteiger partial charge in [0, 0.05) is 18.8 Å². The molecule has 1 heterocycles. The monoisotopic (exact) mass is 261 g/mol. The summed E-state index contributed by atoms with van der Waals surface area (Å²) < 4.78 is 5.55. The highest BCUT2D eigenvalue weighted by Gasteiger charge is 2.14. The molecule has 2 rings (SSSR count). The fourth-order valence-corrected chi connectivity index (χ4v) is 2.26. The van der Waals surface area contributed by atoms with Gasteiger partial charge in [0.2, 0.25) is 0 Å². The molecule has 0 saturated carbocycles. The Morgan fingerprint density at radius 3 is 3.16 bits per heavy atom. The Kier molecular flexibility index (Phi) is 5.21. The van der Waals surface area contributed by atoms with Crippen molar-refractivity contribution in [2.45, 2.75) is 38.7 Å². The molecule has 1 aromatic carbocycles. The largest absolute Gasteiger partial charge is 0.378 e. The summed E-state index contributed by atoms with van der Waals surface area (Å²) >= 11 is 0. The van der Waals surface area contributed by atoms with Gasteiger partial charge in [-0.25, -0.2) is 0 Å². The number of hydrogen-bond acceptors (Lipinski definition) is 2. The van der Waals surface area contributed by atoms with Gasteiger partial charge in [0.25, 0.3) is 0 Å². The van der Waals surface area contributed by atoms with Gasteiger partial charge in [-0.15, -0.1) is 0 Å². The number of aryl methyl sites for hydroxylation is 1. The van der Waals surface area contributed by atoms with Crippen LogP contribution in [0, 0.1) is 0 Å². The molecule has 1 aliphatic heterocycles. The molecule has 0 aliphatic carbocycles. The topological polar surface area (TPSA) is 59.6 Å². The average molecular weight is 261 g/mol. The van der Waals surface area contributed by atoms with Gasteiger partial charge in [-0.05, 0) is 43.4 Å². The van der Waals surface area contributed by atoms with Crippen molar-refractivity contribution in [2.75, 3.05) is 18.5 Å². The van der Waals surface area contributed by atoms with Crippen LogP contribution in [0.4, 0.5) is 5.69 Å². The predicted octanol–water partition coefficient (Wildman–Crippen LogP) is 2.54. The zero-order valence-electron chi connectivity index (χ0n) is 11.6. The summed E-state index contributed by atoms with van der Waals surface area (Å²) in [5, 5.41) is 3.13. The van der Waals surface area contributed by atoms with Gasteiger partial charge < -0.3 is 15.8 Å². The standard InChI is InChI=1S/C15H23N3O/c1-2-12-5-3-6-13(11-12)18-15(16)17-9-8-14-7-4-10-19-14/h3,5-6,11,14H,2,4,7-10H2,1H3,(H3,16,17,18). The quantitative estimate of drug-likeness (QED) is 0.632. The zero-order valence-corrected chi connectivity index (χ0v) is 11.6. The van der Waals surface area contributed by atoms with Gasteiger partial charge in [-0.3, -0.25) is 4.99 Å². The Hall–Kier alpha value is -1.55.